The molecule has 0 aliphatic rings. The van der Waals surface area contributed by atoms with E-state index in [0.717, 1.165) is 11.8 Å². The van der Waals surface area contributed by atoms with Gasteiger partial charge in [0, 0.05) is 0 Å². The standard InChI is InChI=1S/C22H38/c1-4-20(2)15-11-8-6-5-7-9-12-16-21(3)19-22-17-13-10-14-18-22/h10,13-14,17-18,20-21H,4-9,11-12,15-16,19H2,1-3H3/t20-,21-/m1/s1. The fourth-order valence-corrected chi connectivity index (χ4v) is 3.19. The first-order valence-corrected chi connectivity index (χ1v) is 9.76. The van der Waals surface area contributed by atoms with E-state index in [0.29, 0.717) is 0 Å². The lowest BCUT2D eigenvalue weighted by molar-refractivity contribution is 0.460. The summed E-state index contributed by atoms with van der Waals surface area (Å²) in [5.41, 5.74) is 1.50. The highest BCUT2D eigenvalue weighted by atomic mass is 14.1. The molecule has 1 aromatic rings. The van der Waals surface area contributed by atoms with Crippen LogP contribution in [0.5, 0.6) is 0 Å². The molecule has 22 heavy (non-hydrogen) atoms. The average molecular weight is 303 g/mol. The summed E-state index contributed by atoms with van der Waals surface area (Å²) >= 11 is 0. The van der Waals surface area contributed by atoms with Gasteiger partial charge in [-0.05, 0) is 23.8 Å². The van der Waals surface area contributed by atoms with E-state index < -0.39 is 0 Å². The van der Waals surface area contributed by atoms with Crippen LogP contribution >= 0.6 is 0 Å². The van der Waals surface area contributed by atoms with E-state index >= 15 is 0 Å². The van der Waals surface area contributed by atoms with Gasteiger partial charge >= 0.3 is 0 Å². The van der Waals surface area contributed by atoms with E-state index in [1.807, 2.05) is 0 Å². The molecule has 2 atom stereocenters. The number of benzene rings is 1. The highest BCUT2D eigenvalue weighted by Crippen LogP contribution is 2.17. The minimum absolute atomic E-state index is 0.831. The summed E-state index contributed by atoms with van der Waals surface area (Å²) in [6.45, 7) is 7.10. The maximum Gasteiger partial charge on any atom is -0.0253 e. The van der Waals surface area contributed by atoms with E-state index in [1.54, 1.807) is 0 Å². The Labute approximate surface area is 139 Å². The topological polar surface area (TPSA) is 0 Å². The van der Waals surface area contributed by atoms with Gasteiger partial charge in [0.1, 0.15) is 0 Å². The molecule has 0 heteroatoms. The van der Waals surface area contributed by atoms with Crippen molar-refractivity contribution in [2.45, 2.75) is 91.4 Å². The molecule has 0 nitrogen and oxygen atoms in total. The lowest BCUT2D eigenvalue weighted by Crippen LogP contribution is -1.99. The van der Waals surface area contributed by atoms with Crippen molar-refractivity contribution in [1.29, 1.82) is 0 Å². The molecule has 0 saturated carbocycles. The molecule has 1 rings (SSSR count). The van der Waals surface area contributed by atoms with Gasteiger partial charge in [0.25, 0.3) is 0 Å². The van der Waals surface area contributed by atoms with E-state index in [-0.39, 0.29) is 0 Å². The first-order valence-electron chi connectivity index (χ1n) is 9.76. The molecular formula is C22H38. The Morgan fingerprint density at radius 3 is 1.73 bits per heavy atom. The molecule has 0 spiro atoms. The number of unbranched alkanes of at least 4 members (excludes halogenated alkanes) is 6. The molecule has 126 valence electrons. The van der Waals surface area contributed by atoms with Gasteiger partial charge in [-0.25, -0.2) is 0 Å². The van der Waals surface area contributed by atoms with E-state index in [1.165, 1.54) is 76.2 Å². The Balaban J connectivity index is 1.89. The zero-order chi connectivity index (χ0) is 16.0. The van der Waals surface area contributed by atoms with Gasteiger partial charge in [0.05, 0.1) is 0 Å². The van der Waals surface area contributed by atoms with Gasteiger partial charge in [0.15, 0.2) is 0 Å². The molecule has 0 N–H and O–H groups in total. The van der Waals surface area contributed by atoms with Crippen molar-refractivity contribution in [1.82, 2.24) is 0 Å². The predicted molar refractivity (Wildman–Crippen MR) is 100 cm³/mol. The molecule has 0 amide bonds. The average Bonchev–Trinajstić information content (AvgIpc) is 2.54. The third kappa shape index (κ3) is 10.0. The van der Waals surface area contributed by atoms with Crippen LogP contribution in [0.15, 0.2) is 30.3 Å². The summed E-state index contributed by atoms with van der Waals surface area (Å²) in [5, 5.41) is 0. The third-order valence-corrected chi connectivity index (χ3v) is 5.02. The molecule has 0 fully saturated rings. The SMILES string of the molecule is CC[C@@H](C)CCCCCCCCC[C@@H](C)Cc1ccccc1. The Kier molecular flexibility index (Phi) is 11.2. The van der Waals surface area contributed by atoms with Crippen molar-refractivity contribution in [3.63, 3.8) is 0 Å². The van der Waals surface area contributed by atoms with E-state index in [2.05, 4.69) is 51.1 Å². The molecule has 0 aromatic heterocycles. The van der Waals surface area contributed by atoms with Gasteiger partial charge < -0.3 is 0 Å². The highest BCUT2D eigenvalue weighted by molar-refractivity contribution is 5.14. The molecule has 0 saturated heterocycles. The van der Waals surface area contributed by atoms with Gasteiger partial charge in [0.2, 0.25) is 0 Å². The Morgan fingerprint density at radius 1 is 0.682 bits per heavy atom. The van der Waals surface area contributed by atoms with Crippen LogP contribution in [0.2, 0.25) is 0 Å². The molecule has 0 radical (unpaired) electrons. The lowest BCUT2D eigenvalue weighted by atomic mass is 9.95. The summed E-state index contributed by atoms with van der Waals surface area (Å²) in [6, 6.07) is 10.9. The second-order valence-corrected chi connectivity index (χ2v) is 7.36. The molecule has 1 aromatic carbocycles. The second-order valence-electron chi connectivity index (χ2n) is 7.36. The Morgan fingerprint density at radius 2 is 1.18 bits per heavy atom. The molecule has 0 aliphatic heterocycles. The number of hydrogen-bond acceptors (Lipinski definition) is 0. The van der Waals surface area contributed by atoms with Crippen molar-refractivity contribution in [3.05, 3.63) is 35.9 Å². The van der Waals surface area contributed by atoms with Crippen LogP contribution in [0.1, 0.15) is 90.5 Å². The fourth-order valence-electron chi connectivity index (χ4n) is 3.19. The van der Waals surface area contributed by atoms with Gasteiger partial charge in [-0.2, -0.15) is 0 Å². The van der Waals surface area contributed by atoms with Crippen molar-refractivity contribution < 1.29 is 0 Å². The molecule has 0 heterocycles. The van der Waals surface area contributed by atoms with Crippen molar-refractivity contribution >= 4 is 0 Å². The van der Waals surface area contributed by atoms with Crippen molar-refractivity contribution in [3.8, 4) is 0 Å². The quantitative estimate of drug-likeness (QED) is 0.332. The third-order valence-electron chi connectivity index (χ3n) is 5.02. The van der Waals surface area contributed by atoms with Crippen LogP contribution in [0.3, 0.4) is 0 Å². The van der Waals surface area contributed by atoms with Gasteiger partial charge in [-0.15, -0.1) is 0 Å². The largest absolute Gasteiger partial charge is 0.0651 e. The number of hydrogen-bond donors (Lipinski definition) is 0. The fraction of sp³-hybridized carbons (Fsp3) is 0.727. The smallest absolute Gasteiger partial charge is 0.0253 e. The maximum atomic E-state index is 2.40. The molecule has 0 aliphatic carbocycles. The molecule has 0 bridgehead atoms. The summed E-state index contributed by atoms with van der Waals surface area (Å²) < 4.78 is 0. The summed E-state index contributed by atoms with van der Waals surface area (Å²) in [7, 11) is 0. The van der Waals surface area contributed by atoms with Crippen LogP contribution < -0.4 is 0 Å². The Bertz CT molecular complexity index is 340. The van der Waals surface area contributed by atoms with Crippen LogP contribution in [0.4, 0.5) is 0 Å². The summed E-state index contributed by atoms with van der Waals surface area (Å²) in [5.74, 6) is 1.77. The van der Waals surface area contributed by atoms with Crippen LogP contribution in [-0.2, 0) is 6.42 Å². The first kappa shape index (κ1) is 19.3. The molecule has 0 unspecified atom stereocenters. The summed E-state index contributed by atoms with van der Waals surface area (Å²) in [6.07, 6.45) is 15.5. The maximum absolute atomic E-state index is 2.40. The number of rotatable bonds is 13. The van der Waals surface area contributed by atoms with Crippen molar-refractivity contribution in [2.24, 2.45) is 11.8 Å². The minimum atomic E-state index is 0.831. The first-order chi connectivity index (χ1) is 10.7. The van der Waals surface area contributed by atoms with E-state index in [9.17, 15) is 0 Å². The van der Waals surface area contributed by atoms with Crippen molar-refractivity contribution in [2.75, 3.05) is 0 Å². The lowest BCUT2D eigenvalue weighted by Gasteiger charge is -2.11. The van der Waals surface area contributed by atoms with Gasteiger partial charge in [-0.3, -0.25) is 0 Å². The highest BCUT2D eigenvalue weighted by Gasteiger charge is 2.03. The van der Waals surface area contributed by atoms with Crippen LogP contribution in [0, 0.1) is 11.8 Å². The van der Waals surface area contributed by atoms with Gasteiger partial charge in [-0.1, -0.05) is 115 Å². The monoisotopic (exact) mass is 302 g/mol. The normalized spacial score (nSPS) is 14.0. The summed E-state index contributed by atoms with van der Waals surface area (Å²) in [4.78, 5) is 0. The van der Waals surface area contributed by atoms with Crippen LogP contribution in [0.25, 0.3) is 0 Å². The zero-order valence-electron chi connectivity index (χ0n) is 15.3. The molecular weight excluding hydrogens is 264 g/mol. The minimum Gasteiger partial charge on any atom is -0.0651 e. The zero-order valence-corrected chi connectivity index (χ0v) is 15.3. The second kappa shape index (κ2) is 12.7. The predicted octanol–water partition coefficient (Wildman–Crippen LogP) is 7.42. The van der Waals surface area contributed by atoms with E-state index in [4.69, 9.17) is 0 Å². The van der Waals surface area contributed by atoms with Crippen LogP contribution in [-0.4, -0.2) is 0 Å². The Hall–Kier alpha value is -0.780.